The number of esters is 1. The molecule has 0 N–H and O–H groups in total. The molecule has 0 radical (unpaired) electrons. The quantitative estimate of drug-likeness (QED) is 0.686. The highest BCUT2D eigenvalue weighted by Crippen LogP contribution is 2.10. The Morgan fingerprint density at radius 1 is 1.43 bits per heavy atom. The molecule has 76 valence electrons. The molecule has 0 aromatic carbocycles. The van der Waals surface area contributed by atoms with Crippen molar-refractivity contribution in [2.75, 3.05) is 7.11 Å². The fourth-order valence-corrected chi connectivity index (χ4v) is 1.02. The molecule has 1 rings (SSSR count). The van der Waals surface area contributed by atoms with Crippen LogP contribution < -0.4 is 0 Å². The van der Waals surface area contributed by atoms with Crippen LogP contribution >= 0.6 is 0 Å². The smallest absolute Gasteiger partial charge is 0.373 e. The van der Waals surface area contributed by atoms with Gasteiger partial charge in [0.2, 0.25) is 5.76 Å². The van der Waals surface area contributed by atoms with Crippen molar-refractivity contribution >= 4 is 11.8 Å². The van der Waals surface area contributed by atoms with Crippen molar-refractivity contribution in [3.63, 3.8) is 0 Å². The first-order valence-corrected chi connectivity index (χ1v) is 4.30. The van der Waals surface area contributed by atoms with Crippen LogP contribution in [0.4, 0.5) is 0 Å². The minimum atomic E-state index is -0.501. The molecule has 1 heterocycles. The van der Waals surface area contributed by atoms with Crippen LogP contribution in [0.1, 0.15) is 29.7 Å². The Labute approximate surface area is 81.9 Å². The molecule has 4 nitrogen and oxygen atoms in total. The summed E-state index contributed by atoms with van der Waals surface area (Å²) in [5.41, 5.74) is 0. The summed E-state index contributed by atoms with van der Waals surface area (Å²) in [7, 11) is 1.29. The van der Waals surface area contributed by atoms with E-state index in [1.165, 1.54) is 14.0 Å². The molecule has 1 aromatic heterocycles. The number of aryl methyl sites for hydroxylation is 1. The molecule has 0 amide bonds. The van der Waals surface area contributed by atoms with Crippen molar-refractivity contribution in [2.24, 2.45) is 0 Å². The molecule has 0 spiro atoms. The number of methoxy groups -OCH3 is 1. The predicted molar refractivity (Wildman–Crippen MR) is 49.0 cm³/mol. The van der Waals surface area contributed by atoms with Crippen LogP contribution in [0.2, 0.25) is 0 Å². The Bertz CT molecular complexity index is 338. The van der Waals surface area contributed by atoms with E-state index in [2.05, 4.69) is 4.74 Å². The first-order valence-electron chi connectivity index (χ1n) is 4.30. The van der Waals surface area contributed by atoms with Crippen molar-refractivity contribution in [1.29, 1.82) is 0 Å². The fraction of sp³-hybridized carbons (Fsp3) is 0.400. The van der Waals surface area contributed by atoms with Crippen molar-refractivity contribution < 1.29 is 18.7 Å². The Morgan fingerprint density at radius 3 is 2.71 bits per heavy atom. The number of carbonyl (C=O) groups is 2. The predicted octanol–water partition coefficient (Wildman–Crippen LogP) is 1.59. The minimum Gasteiger partial charge on any atom is -0.463 e. The number of rotatable bonds is 4. The maximum Gasteiger partial charge on any atom is 0.373 e. The van der Waals surface area contributed by atoms with Gasteiger partial charge in [-0.15, -0.1) is 0 Å². The molecule has 0 saturated carbocycles. The lowest BCUT2D eigenvalue weighted by Gasteiger charge is -1.94. The van der Waals surface area contributed by atoms with Crippen LogP contribution in [-0.4, -0.2) is 18.9 Å². The summed E-state index contributed by atoms with van der Waals surface area (Å²) in [5, 5.41) is 0. The van der Waals surface area contributed by atoms with Gasteiger partial charge in [-0.25, -0.2) is 4.79 Å². The van der Waals surface area contributed by atoms with Gasteiger partial charge in [-0.05, 0) is 19.1 Å². The third kappa shape index (κ3) is 2.73. The highest BCUT2D eigenvalue weighted by atomic mass is 16.5. The third-order valence-corrected chi connectivity index (χ3v) is 1.77. The molecule has 0 unspecified atom stereocenters. The van der Waals surface area contributed by atoms with Crippen molar-refractivity contribution in [1.82, 2.24) is 0 Å². The van der Waals surface area contributed by atoms with Crippen LogP contribution in [-0.2, 0) is 16.0 Å². The Kier molecular flexibility index (Phi) is 3.45. The number of Topliss-reactive ketones (excluding diaryl/α,β-unsaturated/α-hetero) is 1. The van der Waals surface area contributed by atoms with Gasteiger partial charge < -0.3 is 13.9 Å². The first kappa shape index (κ1) is 10.5. The zero-order valence-corrected chi connectivity index (χ0v) is 8.20. The highest BCUT2D eigenvalue weighted by molar-refractivity contribution is 5.86. The fourth-order valence-electron chi connectivity index (χ4n) is 1.02. The van der Waals surface area contributed by atoms with Gasteiger partial charge in [0.25, 0.3) is 0 Å². The average molecular weight is 196 g/mol. The Hall–Kier alpha value is -1.58. The summed E-state index contributed by atoms with van der Waals surface area (Å²) in [6.45, 7) is 1.52. The van der Waals surface area contributed by atoms with Crippen LogP contribution in [0, 0.1) is 0 Å². The first-order chi connectivity index (χ1) is 6.63. The van der Waals surface area contributed by atoms with Gasteiger partial charge in [0.1, 0.15) is 11.5 Å². The normalized spacial score (nSPS) is 9.86. The summed E-state index contributed by atoms with van der Waals surface area (Å²) in [6.07, 6.45) is 0.945. The maximum absolute atomic E-state index is 11.0. The summed E-state index contributed by atoms with van der Waals surface area (Å²) in [6, 6.07) is 3.22. The van der Waals surface area contributed by atoms with Crippen LogP contribution in [0.5, 0.6) is 0 Å². The molecule has 0 bridgehead atoms. The zero-order chi connectivity index (χ0) is 10.6. The summed E-state index contributed by atoms with van der Waals surface area (Å²) in [4.78, 5) is 21.7. The highest BCUT2D eigenvalue weighted by Gasteiger charge is 2.10. The minimum absolute atomic E-state index is 0.0982. The Morgan fingerprint density at radius 2 is 2.14 bits per heavy atom. The molecule has 0 fully saturated rings. The van der Waals surface area contributed by atoms with E-state index in [0.717, 1.165) is 0 Å². The number of ketones is 1. The van der Waals surface area contributed by atoms with Gasteiger partial charge in [0.15, 0.2) is 0 Å². The van der Waals surface area contributed by atoms with E-state index in [0.29, 0.717) is 18.6 Å². The van der Waals surface area contributed by atoms with E-state index in [1.807, 2.05) is 0 Å². The molecule has 14 heavy (non-hydrogen) atoms. The van der Waals surface area contributed by atoms with Gasteiger partial charge in [-0.3, -0.25) is 0 Å². The second-order valence-corrected chi connectivity index (χ2v) is 2.96. The van der Waals surface area contributed by atoms with E-state index in [-0.39, 0.29) is 11.5 Å². The summed E-state index contributed by atoms with van der Waals surface area (Å²) < 4.78 is 9.64. The van der Waals surface area contributed by atoms with Crippen molar-refractivity contribution in [2.45, 2.75) is 19.8 Å². The lowest BCUT2D eigenvalue weighted by Crippen LogP contribution is -1.98. The lowest BCUT2D eigenvalue weighted by atomic mass is 10.2. The van der Waals surface area contributed by atoms with Crippen LogP contribution in [0.15, 0.2) is 16.5 Å². The molecule has 4 heteroatoms. The van der Waals surface area contributed by atoms with Crippen LogP contribution in [0.3, 0.4) is 0 Å². The van der Waals surface area contributed by atoms with E-state index in [4.69, 9.17) is 4.42 Å². The number of hydrogen-bond acceptors (Lipinski definition) is 4. The summed E-state index contributed by atoms with van der Waals surface area (Å²) >= 11 is 0. The van der Waals surface area contributed by atoms with Crippen molar-refractivity contribution in [3.05, 3.63) is 23.7 Å². The molecule has 1 aromatic rings. The number of carbonyl (C=O) groups excluding carboxylic acids is 2. The Balaban J connectivity index is 2.59. The standard InChI is InChI=1S/C10H12O4/c1-7(11)3-4-8-5-6-9(14-8)10(12)13-2/h5-6H,3-4H2,1-2H3. The average Bonchev–Trinajstić information content (AvgIpc) is 2.62. The third-order valence-electron chi connectivity index (χ3n) is 1.77. The molecular formula is C10H12O4. The molecule has 0 atom stereocenters. The van der Waals surface area contributed by atoms with Crippen molar-refractivity contribution in [3.8, 4) is 0 Å². The maximum atomic E-state index is 11.0. The molecule has 0 aliphatic rings. The lowest BCUT2D eigenvalue weighted by molar-refractivity contribution is -0.117. The molecular weight excluding hydrogens is 184 g/mol. The van der Waals surface area contributed by atoms with Gasteiger partial charge in [-0.1, -0.05) is 0 Å². The largest absolute Gasteiger partial charge is 0.463 e. The SMILES string of the molecule is COC(=O)c1ccc(CCC(C)=O)o1. The monoisotopic (exact) mass is 196 g/mol. The molecule has 0 aliphatic heterocycles. The van der Waals surface area contributed by atoms with E-state index in [1.54, 1.807) is 12.1 Å². The second kappa shape index (κ2) is 4.60. The van der Waals surface area contributed by atoms with E-state index in [9.17, 15) is 9.59 Å². The van der Waals surface area contributed by atoms with Gasteiger partial charge in [0.05, 0.1) is 7.11 Å². The van der Waals surface area contributed by atoms with Gasteiger partial charge >= 0.3 is 5.97 Å². The molecule has 0 aliphatic carbocycles. The topological polar surface area (TPSA) is 56.5 Å². The van der Waals surface area contributed by atoms with Gasteiger partial charge in [-0.2, -0.15) is 0 Å². The second-order valence-electron chi connectivity index (χ2n) is 2.96. The van der Waals surface area contributed by atoms with E-state index >= 15 is 0 Å². The number of ether oxygens (including phenoxy) is 1. The summed E-state index contributed by atoms with van der Waals surface area (Å²) in [5.74, 6) is 0.395. The zero-order valence-electron chi connectivity index (χ0n) is 8.20. The number of hydrogen-bond donors (Lipinski definition) is 0. The number of furan rings is 1. The van der Waals surface area contributed by atoms with Crippen LogP contribution in [0.25, 0.3) is 0 Å². The van der Waals surface area contributed by atoms with E-state index < -0.39 is 5.97 Å². The van der Waals surface area contributed by atoms with Gasteiger partial charge in [0, 0.05) is 12.8 Å². The molecule has 0 saturated heterocycles.